The fourth-order valence-electron chi connectivity index (χ4n) is 5.04. The molecule has 1 fully saturated rings. The number of hydrogen-bond donors (Lipinski definition) is 1. The van der Waals surface area contributed by atoms with E-state index in [1.807, 2.05) is 12.1 Å². The van der Waals surface area contributed by atoms with Crippen molar-refractivity contribution in [3.05, 3.63) is 70.8 Å². The van der Waals surface area contributed by atoms with Gasteiger partial charge in [-0.3, -0.25) is 14.3 Å². The Bertz CT molecular complexity index is 1450. The van der Waals surface area contributed by atoms with Gasteiger partial charge in [0.2, 0.25) is 0 Å². The lowest BCUT2D eigenvalue weighted by Gasteiger charge is -2.34. The molecule has 1 saturated heterocycles. The molecule has 0 aliphatic carbocycles. The lowest BCUT2D eigenvalue weighted by atomic mass is 10.1. The third-order valence-electron chi connectivity index (χ3n) is 7.36. The minimum atomic E-state index is -4.85. The van der Waals surface area contributed by atoms with Crippen molar-refractivity contribution in [2.75, 3.05) is 57.1 Å². The summed E-state index contributed by atoms with van der Waals surface area (Å²) >= 11 is 0. The number of halogens is 4. The van der Waals surface area contributed by atoms with Crippen molar-refractivity contribution in [2.45, 2.75) is 25.7 Å². The normalized spacial score (nSPS) is 16.2. The quantitative estimate of drug-likeness (QED) is 0.463. The first-order chi connectivity index (χ1) is 19.5. The van der Waals surface area contributed by atoms with Crippen LogP contribution in [0, 0.1) is 5.82 Å². The van der Waals surface area contributed by atoms with Crippen LogP contribution in [0.5, 0.6) is 5.75 Å². The van der Waals surface area contributed by atoms with E-state index in [1.54, 1.807) is 16.8 Å². The Labute approximate surface area is 234 Å². The molecule has 3 aromatic rings. The van der Waals surface area contributed by atoms with Crippen molar-refractivity contribution in [3.63, 3.8) is 0 Å². The van der Waals surface area contributed by atoms with Crippen LogP contribution in [0.3, 0.4) is 0 Å². The summed E-state index contributed by atoms with van der Waals surface area (Å²) in [7, 11) is 3.62. The second-order valence-corrected chi connectivity index (χ2v) is 10.1. The Balaban J connectivity index is 1.29. The van der Waals surface area contributed by atoms with Crippen LogP contribution < -0.4 is 15.0 Å². The van der Waals surface area contributed by atoms with Crippen molar-refractivity contribution in [1.82, 2.24) is 19.6 Å². The lowest BCUT2D eigenvalue weighted by molar-refractivity contribution is -0.140. The number of benzene rings is 2. The van der Waals surface area contributed by atoms with Crippen LogP contribution in [0.4, 0.5) is 28.9 Å². The van der Waals surface area contributed by atoms with Gasteiger partial charge in [-0.2, -0.15) is 18.3 Å². The predicted molar refractivity (Wildman–Crippen MR) is 144 cm³/mol. The monoisotopic (exact) mass is 574 g/mol. The molecule has 0 unspecified atom stereocenters. The number of nitrogens with zero attached hydrogens (tertiary/aromatic N) is 5. The van der Waals surface area contributed by atoms with Crippen LogP contribution in [0.15, 0.2) is 42.5 Å². The predicted octanol–water partition coefficient (Wildman–Crippen LogP) is 4.10. The van der Waals surface area contributed by atoms with Gasteiger partial charge in [-0.15, -0.1) is 0 Å². The standard InChI is InChI=1S/C28H30F4N6O3/c1-35-10-12-36(13-11-35)19-5-7-23(25(16-19)41-2)33-26(39)24-15-20-17-37(8-3-9-38(20)34-24)27(40)18-4-6-21(22(29)14-18)28(30,31)32/h4-7,14-16H,3,8-13,17H2,1-2H3,(H,33,39). The van der Waals surface area contributed by atoms with Crippen LogP contribution in [0.2, 0.25) is 0 Å². The molecule has 2 aliphatic heterocycles. The smallest absolute Gasteiger partial charge is 0.419 e. The van der Waals surface area contributed by atoms with Crippen LogP contribution in [0.1, 0.15) is 38.5 Å². The molecule has 1 aromatic heterocycles. The number of likely N-dealkylation sites (N-methyl/N-ethyl adjacent to an activating group) is 1. The van der Waals surface area contributed by atoms with Crippen molar-refractivity contribution < 1.29 is 31.9 Å². The van der Waals surface area contributed by atoms with Crippen molar-refractivity contribution in [1.29, 1.82) is 0 Å². The summed E-state index contributed by atoms with van der Waals surface area (Å²) in [6.45, 7) is 4.47. The molecule has 2 aromatic carbocycles. The van der Waals surface area contributed by atoms with E-state index in [-0.39, 0.29) is 17.8 Å². The van der Waals surface area contributed by atoms with Crippen LogP contribution in [0.25, 0.3) is 0 Å². The fourth-order valence-corrected chi connectivity index (χ4v) is 5.04. The third kappa shape index (κ3) is 6.14. The zero-order chi connectivity index (χ0) is 29.3. The van der Waals surface area contributed by atoms with Gasteiger partial charge in [-0.05, 0) is 49.9 Å². The zero-order valence-electron chi connectivity index (χ0n) is 22.7. The molecule has 2 amide bonds. The van der Waals surface area contributed by atoms with E-state index in [9.17, 15) is 27.2 Å². The topological polar surface area (TPSA) is 82.9 Å². The maximum absolute atomic E-state index is 14.1. The van der Waals surface area contributed by atoms with E-state index in [1.165, 1.54) is 12.0 Å². The molecule has 41 heavy (non-hydrogen) atoms. The number of nitrogens with one attached hydrogen (secondary N) is 1. The molecule has 13 heteroatoms. The van der Waals surface area contributed by atoms with Gasteiger partial charge in [0.1, 0.15) is 11.6 Å². The fraction of sp³-hybridized carbons (Fsp3) is 0.393. The van der Waals surface area contributed by atoms with Crippen LogP contribution in [-0.2, 0) is 19.3 Å². The molecule has 0 spiro atoms. The Hall–Kier alpha value is -4.13. The number of aromatic nitrogens is 2. The summed E-state index contributed by atoms with van der Waals surface area (Å²) < 4.78 is 60.0. The molecule has 218 valence electrons. The molecular formula is C28H30F4N6O3. The van der Waals surface area contributed by atoms with Gasteiger partial charge >= 0.3 is 6.18 Å². The molecule has 5 rings (SSSR count). The first-order valence-corrected chi connectivity index (χ1v) is 13.2. The Morgan fingerprint density at radius 1 is 0.976 bits per heavy atom. The Morgan fingerprint density at radius 3 is 2.41 bits per heavy atom. The third-order valence-corrected chi connectivity index (χ3v) is 7.36. The van der Waals surface area contributed by atoms with Gasteiger partial charge in [-0.1, -0.05) is 0 Å². The van der Waals surface area contributed by atoms with Crippen molar-refractivity contribution in [2.24, 2.45) is 0 Å². The molecule has 2 aliphatic rings. The number of fused-ring (bicyclic) bond motifs is 1. The largest absolute Gasteiger partial charge is 0.494 e. The molecule has 0 atom stereocenters. The number of hydrogen-bond acceptors (Lipinski definition) is 6. The average molecular weight is 575 g/mol. The second kappa shape index (κ2) is 11.4. The molecule has 1 N–H and O–H groups in total. The Kier molecular flexibility index (Phi) is 7.89. The van der Waals surface area contributed by atoms with Gasteiger partial charge in [-0.25, -0.2) is 4.39 Å². The highest BCUT2D eigenvalue weighted by molar-refractivity contribution is 6.04. The van der Waals surface area contributed by atoms with Gasteiger partial charge in [0, 0.05) is 56.6 Å². The molecule has 0 radical (unpaired) electrons. The van der Waals surface area contributed by atoms with Crippen molar-refractivity contribution >= 4 is 23.2 Å². The molecule has 0 bridgehead atoms. The molecule has 0 saturated carbocycles. The van der Waals surface area contributed by atoms with Gasteiger partial charge in [0.15, 0.2) is 5.69 Å². The molecule has 9 nitrogen and oxygen atoms in total. The van der Waals surface area contributed by atoms with E-state index in [4.69, 9.17) is 4.74 Å². The zero-order valence-corrected chi connectivity index (χ0v) is 22.7. The summed E-state index contributed by atoms with van der Waals surface area (Å²) in [5.41, 5.74) is 0.586. The maximum Gasteiger partial charge on any atom is 0.419 e. The highest BCUT2D eigenvalue weighted by Gasteiger charge is 2.34. The SMILES string of the molecule is COc1cc(N2CCN(C)CC2)ccc1NC(=O)c1cc2n(n1)CCCN(C(=O)c1ccc(C(F)(F)F)c(F)c1)C2. The molecule has 3 heterocycles. The number of aryl methyl sites for hydroxylation is 1. The minimum absolute atomic E-state index is 0.0603. The van der Waals surface area contributed by atoms with E-state index < -0.39 is 29.4 Å². The summed E-state index contributed by atoms with van der Waals surface area (Å²) in [5.74, 6) is -2.06. The second-order valence-electron chi connectivity index (χ2n) is 10.1. The van der Waals surface area contributed by atoms with Gasteiger partial charge in [0.25, 0.3) is 11.8 Å². The van der Waals surface area contributed by atoms with Crippen molar-refractivity contribution in [3.8, 4) is 5.75 Å². The first-order valence-electron chi connectivity index (χ1n) is 13.2. The summed E-state index contributed by atoms with van der Waals surface area (Å²) in [4.78, 5) is 32.1. The number of rotatable bonds is 5. The average Bonchev–Trinajstić information content (AvgIpc) is 3.24. The minimum Gasteiger partial charge on any atom is -0.494 e. The van der Waals surface area contributed by atoms with E-state index in [2.05, 4.69) is 27.3 Å². The number of anilines is 2. The number of methoxy groups -OCH3 is 1. The number of carbonyl (C=O) groups excluding carboxylic acids is 2. The number of piperazine rings is 1. The summed E-state index contributed by atoms with van der Waals surface area (Å²) in [5, 5.41) is 7.25. The molecular weight excluding hydrogens is 544 g/mol. The van der Waals surface area contributed by atoms with Gasteiger partial charge < -0.3 is 24.8 Å². The van der Waals surface area contributed by atoms with Crippen LogP contribution in [-0.4, -0.2) is 78.3 Å². The van der Waals surface area contributed by atoms with Crippen LogP contribution >= 0.6 is 0 Å². The first kappa shape index (κ1) is 28.4. The van der Waals surface area contributed by atoms with E-state index in [0.717, 1.165) is 37.9 Å². The number of alkyl halides is 3. The van der Waals surface area contributed by atoms with E-state index in [0.29, 0.717) is 48.8 Å². The number of carbonyl (C=O) groups is 2. The lowest BCUT2D eigenvalue weighted by Crippen LogP contribution is -2.44. The highest BCUT2D eigenvalue weighted by Crippen LogP contribution is 2.33. The number of ether oxygens (including phenoxy) is 1. The number of amides is 2. The summed E-state index contributed by atoms with van der Waals surface area (Å²) in [6.07, 6.45) is -4.36. The summed E-state index contributed by atoms with van der Waals surface area (Å²) in [6, 6.07) is 9.32. The van der Waals surface area contributed by atoms with Gasteiger partial charge in [0.05, 0.1) is 30.6 Å². The Morgan fingerprint density at radius 2 is 1.73 bits per heavy atom. The highest BCUT2D eigenvalue weighted by atomic mass is 19.4. The maximum atomic E-state index is 14.1. The van der Waals surface area contributed by atoms with E-state index >= 15 is 0 Å².